The number of halogens is 1. The molecule has 3 fully saturated rings. The Balaban J connectivity index is 1.25. The minimum atomic E-state index is -0.119. The van der Waals surface area contributed by atoms with Crippen molar-refractivity contribution in [2.45, 2.75) is 31.8 Å². The summed E-state index contributed by atoms with van der Waals surface area (Å²) in [7, 11) is 1.68. The maximum absolute atomic E-state index is 12.1. The van der Waals surface area contributed by atoms with E-state index in [1.165, 1.54) is 24.8 Å². The van der Waals surface area contributed by atoms with Gasteiger partial charge in [0.05, 0.1) is 13.2 Å². The number of cyclic esters (lactones) is 1. The number of carbonyl (C=O) groups is 1. The number of hydrogen-bond acceptors (Lipinski definition) is 5. The van der Waals surface area contributed by atoms with Gasteiger partial charge in [-0.3, -0.25) is 4.90 Å². The van der Waals surface area contributed by atoms with Gasteiger partial charge in [-0.2, -0.15) is 0 Å². The first-order valence-corrected chi connectivity index (χ1v) is 11.5. The van der Waals surface area contributed by atoms with Gasteiger partial charge in [0.2, 0.25) is 0 Å². The molecule has 3 aliphatic rings. The summed E-state index contributed by atoms with van der Waals surface area (Å²) in [4.78, 5) is 16.4. The second-order valence-electron chi connectivity index (χ2n) is 8.57. The third kappa shape index (κ3) is 5.86. The number of nitrogens with zero attached hydrogens (tertiary/aromatic N) is 2. The van der Waals surface area contributed by atoms with Crippen LogP contribution in [0.3, 0.4) is 0 Å². The molecule has 0 N–H and O–H groups in total. The summed E-state index contributed by atoms with van der Waals surface area (Å²) in [6, 6.07) is 6.19. The van der Waals surface area contributed by atoms with Gasteiger partial charge in [0, 0.05) is 31.2 Å². The third-order valence-corrected chi connectivity index (χ3v) is 6.81. The molecule has 0 aromatic heterocycles. The van der Waals surface area contributed by atoms with Gasteiger partial charge in [0.1, 0.15) is 18.5 Å². The fraction of sp³-hybridized carbons (Fsp3) is 0.682. The average Bonchev–Trinajstić information content (AvgIpc) is 3.30. The molecular weight excluding hydrogens is 436 g/mol. The van der Waals surface area contributed by atoms with Crippen LogP contribution in [0.4, 0.5) is 4.79 Å². The number of likely N-dealkylation sites (tertiary alicyclic amines) is 1. The Morgan fingerprint density at radius 3 is 2.79 bits per heavy atom. The molecule has 7 heteroatoms. The zero-order valence-corrected chi connectivity index (χ0v) is 18.7. The van der Waals surface area contributed by atoms with E-state index in [4.69, 9.17) is 14.2 Å². The molecule has 1 amide bonds. The summed E-state index contributed by atoms with van der Waals surface area (Å²) >= 11 is 3.69. The van der Waals surface area contributed by atoms with Crippen LogP contribution >= 0.6 is 15.9 Å². The van der Waals surface area contributed by atoms with E-state index in [1.54, 1.807) is 7.11 Å². The average molecular weight is 467 g/mol. The molecule has 2 unspecified atom stereocenters. The van der Waals surface area contributed by atoms with Crippen molar-refractivity contribution in [3.05, 3.63) is 28.2 Å². The maximum atomic E-state index is 12.1. The summed E-state index contributed by atoms with van der Waals surface area (Å²) in [5, 5.41) is 0. The van der Waals surface area contributed by atoms with E-state index in [-0.39, 0.29) is 12.2 Å². The Hall–Kier alpha value is -1.31. The van der Waals surface area contributed by atoms with Crippen molar-refractivity contribution in [3.63, 3.8) is 0 Å². The smallest absolute Gasteiger partial charge is 0.410 e. The van der Waals surface area contributed by atoms with E-state index >= 15 is 0 Å². The lowest BCUT2D eigenvalue weighted by atomic mass is 9.98. The number of ether oxygens (including phenoxy) is 3. The highest BCUT2D eigenvalue weighted by molar-refractivity contribution is 9.10. The lowest BCUT2D eigenvalue weighted by Gasteiger charge is -2.19. The molecule has 160 valence electrons. The molecule has 1 aromatic rings. The Morgan fingerprint density at radius 1 is 1.14 bits per heavy atom. The Kier molecular flexibility index (Phi) is 6.98. The topological polar surface area (TPSA) is 51.2 Å². The molecule has 2 atom stereocenters. The first-order chi connectivity index (χ1) is 14.1. The zero-order chi connectivity index (χ0) is 20.2. The number of benzene rings is 1. The molecule has 2 heterocycles. The Bertz CT molecular complexity index is 712. The number of amides is 1. The molecule has 1 aliphatic carbocycles. The number of carbonyl (C=O) groups excluding carboxylic acids is 1. The standard InChI is InChI=1S/C22H31BrN2O4/c1-27-8-9-28-19-4-5-21(23)18(11-19)10-17-6-7-24(12-17)14-20-15-25(22(26)29-20)13-16-2-3-16/h4-5,11,16-17,20H,2-3,6-10,12-15H2,1H3. The van der Waals surface area contributed by atoms with Crippen LogP contribution in [0.5, 0.6) is 5.75 Å². The predicted octanol–water partition coefficient (Wildman–Crippen LogP) is 3.57. The number of methoxy groups -OCH3 is 1. The van der Waals surface area contributed by atoms with Gasteiger partial charge in [-0.1, -0.05) is 15.9 Å². The Morgan fingerprint density at radius 2 is 2.00 bits per heavy atom. The third-order valence-electron chi connectivity index (χ3n) is 6.04. The molecule has 0 spiro atoms. The monoisotopic (exact) mass is 466 g/mol. The van der Waals surface area contributed by atoms with Crippen molar-refractivity contribution < 1.29 is 19.0 Å². The molecule has 1 aromatic carbocycles. The first-order valence-electron chi connectivity index (χ1n) is 10.7. The van der Waals surface area contributed by atoms with Crippen LogP contribution < -0.4 is 4.74 Å². The van der Waals surface area contributed by atoms with Crippen molar-refractivity contribution in [3.8, 4) is 5.75 Å². The van der Waals surface area contributed by atoms with Gasteiger partial charge < -0.3 is 19.1 Å². The van der Waals surface area contributed by atoms with Gasteiger partial charge in [-0.05, 0) is 67.8 Å². The molecule has 29 heavy (non-hydrogen) atoms. The number of rotatable bonds is 10. The molecule has 0 bridgehead atoms. The second-order valence-corrected chi connectivity index (χ2v) is 9.42. The zero-order valence-electron chi connectivity index (χ0n) is 17.1. The highest BCUT2D eigenvalue weighted by Gasteiger charge is 2.37. The van der Waals surface area contributed by atoms with Crippen molar-refractivity contribution in [1.82, 2.24) is 9.80 Å². The van der Waals surface area contributed by atoms with E-state index in [0.717, 1.165) is 49.4 Å². The first kappa shape index (κ1) is 20.9. The largest absolute Gasteiger partial charge is 0.491 e. The molecule has 4 rings (SSSR count). The summed E-state index contributed by atoms with van der Waals surface area (Å²) < 4.78 is 17.6. The van der Waals surface area contributed by atoms with Crippen molar-refractivity contribution >= 4 is 22.0 Å². The minimum Gasteiger partial charge on any atom is -0.491 e. The fourth-order valence-electron chi connectivity index (χ4n) is 4.32. The summed E-state index contributed by atoms with van der Waals surface area (Å²) in [6.45, 7) is 5.77. The van der Waals surface area contributed by atoms with Gasteiger partial charge in [0.15, 0.2) is 0 Å². The van der Waals surface area contributed by atoms with Crippen LogP contribution in [0.15, 0.2) is 22.7 Å². The van der Waals surface area contributed by atoms with E-state index in [2.05, 4.69) is 33.0 Å². The molecule has 2 aliphatic heterocycles. The van der Waals surface area contributed by atoms with E-state index in [0.29, 0.717) is 25.0 Å². The van der Waals surface area contributed by atoms with Crippen LogP contribution in [0, 0.1) is 11.8 Å². The van der Waals surface area contributed by atoms with Gasteiger partial charge in [0.25, 0.3) is 0 Å². The molecule has 1 saturated carbocycles. The van der Waals surface area contributed by atoms with Crippen molar-refractivity contribution in [2.24, 2.45) is 11.8 Å². The predicted molar refractivity (Wildman–Crippen MR) is 114 cm³/mol. The number of hydrogen-bond donors (Lipinski definition) is 0. The second kappa shape index (κ2) is 9.67. The van der Waals surface area contributed by atoms with Crippen molar-refractivity contribution in [1.29, 1.82) is 0 Å². The normalized spacial score (nSPS) is 24.9. The van der Waals surface area contributed by atoms with Crippen LogP contribution in [-0.4, -0.2) is 75.0 Å². The van der Waals surface area contributed by atoms with E-state index in [9.17, 15) is 4.79 Å². The molecule has 2 saturated heterocycles. The van der Waals surface area contributed by atoms with Crippen LogP contribution in [0.25, 0.3) is 0 Å². The quantitative estimate of drug-likeness (QED) is 0.493. The van der Waals surface area contributed by atoms with Crippen molar-refractivity contribution in [2.75, 3.05) is 53.0 Å². The highest BCUT2D eigenvalue weighted by Crippen LogP contribution is 2.32. The summed E-state index contributed by atoms with van der Waals surface area (Å²) in [5.41, 5.74) is 1.29. The molecule has 6 nitrogen and oxygen atoms in total. The van der Waals surface area contributed by atoms with Crippen LogP contribution in [0.2, 0.25) is 0 Å². The SMILES string of the molecule is COCCOc1ccc(Br)c(CC2CCN(CC3CN(CC4CC4)C(=O)O3)C2)c1. The van der Waals surface area contributed by atoms with Gasteiger partial charge in [-0.25, -0.2) is 4.79 Å². The minimum absolute atomic E-state index is 0.0178. The lowest BCUT2D eigenvalue weighted by Crippen LogP contribution is -2.34. The molecule has 0 radical (unpaired) electrons. The lowest BCUT2D eigenvalue weighted by molar-refractivity contribution is 0.112. The van der Waals surface area contributed by atoms with E-state index in [1.807, 2.05) is 11.0 Å². The summed E-state index contributed by atoms with van der Waals surface area (Å²) in [5.74, 6) is 2.22. The van der Waals surface area contributed by atoms with Gasteiger partial charge in [-0.15, -0.1) is 0 Å². The molecular formula is C22H31BrN2O4. The van der Waals surface area contributed by atoms with Gasteiger partial charge >= 0.3 is 6.09 Å². The van der Waals surface area contributed by atoms with Crippen LogP contribution in [-0.2, 0) is 15.9 Å². The Labute approximate surface area is 181 Å². The maximum Gasteiger partial charge on any atom is 0.410 e. The fourth-order valence-corrected chi connectivity index (χ4v) is 4.72. The highest BCUT2D eigenvalue weighted by atomic mass is 79.9. The van der Waals surface area contributed by atoms with Crippen LogP contribution in [0.1, 0.15) is 24.8 Å². The summed E-state index contributed by atoms with van der Waals surface area (Å²) in [6.07, 6.45) is 4.62. The van der Waals surface area contributed by atoms with E-state index < -0.39 is 0 Å².